The molecule has 1 aliphatic carbocycles. The zero-order valence-electron chi connectivity index (χ0n) is 15.2. The van der Waals surface area contributed by atoms with Crippen molar-refractivity contribution in [2.75, 3.05) is 29.4 Å². The van der Waals surface area contributed by atoms with E-state index < -0.39 is 11.9 Å². The molecule has 0 amide bonds. The van der Waals surface area contributed by atoms with Gasteiger partial charge in [0.2, 0.25) is 5.69 Å². The lowest BCUT2D eigenvalue weighted by Crippen LogP contribution is -2.46. The summed E-state index contributed by atoms with van der Waals surface area (Å²) in [6.07, 6.45) is 1.63. The van der Waals surface area contributed by atoms with E-state index in [1.807, 2.05) is 16.7 Å². The molecule has 0 spiro atoms. The van der Waals surface area contributed by atoms with Gasteiger partial charge in [0, 0.05) is 44.1 Å². The van der Waals surface area contributed by atoms with Gasteiger partial charge >= 0.3 is 5.97 Å². The molecule has 0 bridgehead atoms. The Labute approximate surface area is 156 Å². The largest absolute Gasteiger partial charge is 0.481 e. The van der Waals surface area contributed by atoms with E-state index in [1.54, 1.807) is 0 Å². The molecule has 1 aromatic rings. The summed E-state index contributed by atoms with van der Waals surface area (Å²) in [7, 11) is 0. The maximum Gasteiger partial charge on any atom is 0.303 e. The molecule has 2 saturated heterocycles. The molecule has 0 saturated carbocycles. The summed E-state index contributed by atoms with van der Waals surface area (Å²) in [5, 5.41) is 9.03. The molecule has 3 heterocycles. The third-order valence-electron chi connectivity index (χ3n) is 6.04. The smallest absolute Gasteiger partial charge is 0.303 e. The van der Waals surface area contributed by atoms with E-state index in [2.05, 4.69) is 4.85 Å². The number of carbonyl (C=O) groups is 1. The highest BCUT2D eigenvalue weighted by atomic mass is 19.3. The topological polar surface area (TPSA) is 61.0 Å². The van der Waals surface area contributed by atoms with Gasteiger partial charge in [-0.25, -0.2) is 18.6 Å². The van der Waals surface area contributed by atoms with Gasteiger partial charge in [-0.05, 0) is 37.7 Å². The molecule has 27 heavy (non-hydrogen) atoms. The van der Waals surface area contributed by atoms with Crippen molar-refractivity contribution in [2.24, 2.45) is 5.92 Å². The lowest BCUT2D eigenvalue weighted by atomic mass is 10.0. The summed E-state index contributed by atoms with van der Waals surface area (Å²) in [6.45, 7) is 11.3. The van der Waals surface area contributed by atoms with Gasteiger partial charge in [-0.3, -0.25) is 4.79 Å². The summed E-state index contributed by atoms with van der Waals surface area (Å²) < 4.78 is 29.4. The summed E-state index contributed by atoms with van der Waals surface area (Å²) in [5.74, 6) is -2.98. The van der Waals surface area contributed by atoms with Gasteiger partial charge in [0.05, 0.1) is 6.57 Å². The normalized spacial score (nSPS) is 25.9. The summed E-state index contributed by atoms with van der Waals surface area (Å²) in [4.78, 5) is 23.0. The van der Waals surface area contributed by atoms with Crippen molar-refractivity contribution in [3.05, 3.63) is 22.5 Å². The quantitative estimate of drug-likeness (QED) is 0.814. The lowest BCUT2D eigenvalue weighted by molar-refractivity contribution is -0.137. The Morgan fingerprint density at radius 2 is 2.15 bits per heavy atom. The number of nitrogens with zero attached hydrogens (tertiary/aromatic N) is 4. The molecular formula is C19H22F2N4O2. The average Bonchev–Trinajstić information content (AvgIpc) is 3.17. The number of rotatable bonds is 4. The maximum atomic E-state index is 14.7. The van der Waals surface area contributed by atoms with Crippen LogP contribution in [0.2, 0.25) is 0 Å². The van der Waals surface area contributed by atoms with Gasteiger partial charge < -0.3 is 14.9 Å². The first-order valence-electron chi connectivity index (χ1n) is 9.38. The van der Waals surface area contributed by atoms with E-state index >= 15 is 0 Å². The fourth-order valence-corrected chi connectivity index (χ4v) is 4.46. The van der Waals surface area contributed by atoms with Crippen molar-refractivity contribution in [3.8, 4) is 0 Å². The van der Waals surface area contributed by atoms with Gasteiger partial charge in [0.1, 0.15) is 11.6 Å². The second kappa shape index (κ2) is 6.32. The van der Waals surface area contributed by atoms with Gasteiger partial charge in [-0.1, -0.05) is 0 Å². The third kappa shape index (κ3) is 2.89. The highest BCUT2D eigenvalue weighted by molar-refractivity contribution is 5.79. The van der Waals surface area contributed by atoms with Gasteiger partial charge in [0.15, 0.2) is 0 Å². The first-order valence-corrected chi connectivity index (χ1v) is 9.38. The molecule has 3 aliphatic rings. The van der Waals surface area contributed by atoms with Crippen molar-refractivity contribution >= 4 is 23.3 Å². The summed E-state index contributed by atoms with van der Waals surface area (Å²) >= 11 is 0. The monoisotopic (exact) mass is 376 g/mol. The van der Waals surface area contributed by atoms with Crippen LogP contribution in [0, 0.1) is 12.5 Å². The van der Waals surface area contributed by atoms with Gasteiger partial charge in [-0.15, -0.1) is 0 Å². The molecule has 6 nitrogen and oxygen atoms in total. The van der Waals surface area contributed by atoms with Crippen LogP contribution in [0.25, 0.3) is 4.85 Å². The Hall–Kier alpha value is -2.43. The van der Waals surface area contributed by atoms with Crippen LogP contribution in [-0.4, -0.2) is 41.7 Å². The minimum absolute atomic E-state index is 0.00575. The second-order valence-corrected chi connectivity index (χ2v) is 7.81. The van der Waals surface area contributed by atoms with E-state index in [4.69, 9.17) is 16.7 Å². The standard InChI is InChI=1S/C19H22F2N4O2/c1-11-4-8-25(11)18-16(22-2)15-13(3-6-19(15,20)21)17(23-18)24-7-5-12(10-24)9-14(26)27/h11-12H,3-10H2,1H3,(H,26,27). The fourth-order valence-electron chi connectivity index (χ4n) is 4.46. The van der Waals surface area contributed by atoms with Crippen molar-refractivity contribution < 1.29 is 18.7 Å². The Bertz CT molecular complexity index is 836. The number of aliphatic carboxylic acids is 1. The van der Waals surface area contributed by atoms with Crippen LogP contribution in [-0.2, 0) is 17.1 Å². The maximum absolute atomic E-state index is 14.7. The van der Waals surface area contributed by atoms with Crippen LogP contribution >= 0.6 is 0 Å². The predicted molar refractivity (Wildman–Crippen MR) is 96.7 cm³/mol. The van der Waals surface area contributed by atoms with Crippen molar-refractivity contribution in [2.45, 2.75) is 51.0 Å². The number of hydrogen-bond acceptors (Lipinski definition) is 4. The van der Waals surface area contributed by atoms with Gasteiger partial charge in [0.25, 0.3) is 5.92 Å². The highest BCUT2D eigenvalue weighted by Gasteiger charge is 2.46. The number of carboxylic acids is 1. The van der Waals surface area contributed by atoms with E-state index in [0.29, 0.717) is 43.3 Å². The first kappa shape index (κ1) is 18.0. The second-order valence-electron chi connectivity index (χ2n) is 7.81. The lowest BCUT2D eigenvalue weighted by Gasteiger charge is -2.41. The molecule has 144 valence electrons. The minimum Gasteiger partial charge on any atom is -0.481 e. The number of fused-ring (bicyclic) bond motifs is 1. The fraction of sp³-hybridized carbons (Fsp3) is 0.632. The Kier molecular flexibility index (Phi) is 4.21. The van der Waals surface area contributed by atoms with Crippen LogP contribution in [0.15, 0.2) is 0 Å². The Morgan fingerprint density at radius 3 is 2.74 bits per heavy atom. The molecule has 2 fully saturated rings. The molecule has 0 radical (unpaired) electrons. The Balaban J connectivity index is 1.79. The number of carboxylic acid groups (broad SMARTS) is 1. The molecule has 1 N–H and O–H groups in total. The van der Waals surface area contributed by atoms with Crippen molar-refractivity contribution in [1.29, 1.82) is 0 Å². The van der Waals surface area contributed by atoms with E-state index in [-0.39, 0.29) is 42.5 Å². The van der Waals surface area contributed by atoms with Crippen LogP contribution in [0.1, 0.15) is 43.7 Å². The number of anilines is 2. The number of hydrogen-bond donors (Lipinski definition) is 1. The molecule has 2 unspecified atom stereocenters. The average molecular weight is 376 g/mol. The molecule has 1 aromatic heterocycles. The first-order chi connectivity index (χ1) is 12.8. The van der Waals surface area contributed by atoms with Crippen molar-refractivity contribution in [3.63, 3.8) is 0 Å². The van der Waals surface area contributed by atoms with E-state index in [9.17, 15) is 13.6 Å². The SMILES string of the molecule is [C-]#[N+]c1c(N2CCC2C)nc(N2CCC(CC(=O)O)C2)c2c1C(F)(F)CC2. The number of halogens is 2. The summed E-state index contributed by atoms with van der Waals surface area (Å²) in [6, 6.07) is 0.178. The van der Waals surface area contributed by atoms with Gasteiger partial charge in [-0.2, -0.15) is 0 Å². The molecule has 8 heteroatoms. The number of pyridine rings is 1. The molecule has 2 atom stereocenters. The zero-order chi connectivity index (χ0) is 19.3. The predicted octanol–water partition coefficient (Wildman–Crippen LogP) is 3.57. The van der Waals surface area contributed by atoms with Crippen LogP contribution in [0.5, 0.6) is 0 Å². The zero-order valence-corrected chi connectivity index (χ0v) is 15.2. The van der Waals surface area contributed by atoms with E-state index in [0.717, 1.165) is 6.42 Å². The van der Waals surface area contributed by atoms with Crippen LogP contribution < -0.4 is 9.80 Å². The molecule has 2 aliphatic heterocycles. The number of alkyl halides is 2. The van der Waals surface area contributed by atoms with Crippen LogP contribution in [0.4, 0.5) is 26.1 Å². The third-order valence-corrected chi connectivity index (χ3v) is 6.04. The van der Waals surface area contributed by atoms with Crippen LogP contribution in [0.3, 0.4) is 0 Å². The number of aromatic nitrogens is 1. The Morgan fingerprint density at radius 1 is 1.37 bits per heavy atom. The molecule has 0 aromatic carbocycles. The molecule has 4 rings (SSSR count). The minimum atomic E-state index is -3.02. The van der Waals surface area contributed by atoms with Crippen molar-refractivity contribution in [1.82, 2.24) is 4.98 Å². The molecular weight excluding hydrogens is 354 g/mol. The highest BCUT2D eigenvalue weighted by Crippen LogP contribution is 2.53. The summed E-state index contributed by atoms with van der Waals surface area (Å²) in [5.41, 5.74) is 0.307. The van der Waals surface area contributed by atoms with E-state index in [1.165, 1.54) is 0 Å².